The number of rotatable bonds is 8. The molecule has 1 atom stereocenters. The number of nitrogens with zero attached hydrogens (tertiary/aromatic N) is 2. The zero-order valence-electron chi connectivity index (χ0n) is 11.7. The first kappa shape index (κ1) is 16.6. The molecule has 1 N–H and O–H groups in total. The number of nitro groups is 1. The van der Waals surface area contributed by atoms with Gasteiger partial charge in [0.1, 0.15) is 5.69 Å². The molecule has 1 heterocycles. The molecule has 0 amide bonds. The third kappa shape index (κ3) is 4.59. The van der Waals surface area contributed by atoms with Crippen LogP contribution < -0.4 is 5.32 Å². The van der Waals surface area contributed by atoms with Crippen LogP contribution in [0.2, 0.25) is 5.15 Å². The smallest absolute Gasteiger partial charge is 0.329 e. The van der Waals surface area contributed by atoms with Crippen molar-refractivity contribution in [1.82, 2.24) is 4.98 Å². The van der Waals surface area contributed by atoms with E-state index in [0.717, 1.165) is 0 Å². The van der Waals surface area contributed by atoms with Crippen LogP contribution in [-0.4, -0.2) is 43.4 Å². The van der Waals surface area contributed by atoms with Crippen LogP contribution in [0.15, 0.2) is 6.07 Å². The zero-order chi connectivity index (χ0) is 15.1. The molecule has 0 aliphatic heterocycles. The van der Waals surface area contributed by atoms with E-state index in [1.165, 1.54) is 0 Å². The van der Waals surface area contributed by atoms with E-state index in [9.17, 15) is 10.1 Å². The maximum Gasteiger partial charge on any atom is 0.329 e. The first-order valence-corrected chi connectivity index (χ1v) is 6.43. The molecular weight excluding hydrogens is 286 g/mol. The van der Waals surface area contributed by atoms with Gasteiger partial charge in [-0.2, -0.15) is 0 Å². The maximum atomic E-state index is 11.1. The van der Waals surface area contributed by atoms with Gasteiger partial charge in [0.15, 0.2) is 0 Å². The molecule has 7 nitrogen and oxygen atoms in total. The minimum atomic E-state index is -0.544. The van der Waals surface area contributed by atoms with E-state index in [-0.39, 0.29) is 16.9 Å². The number of ether oxygens (including phenoxy) is 2. The Kier molecular flexibility index (Phi) is 6.63. The van der Waals surface area contributed by atoms with Gasteiger partial charge in [-0.3, -0.25) is 10.1 Å². The van der Waals surface area contributed by atoms with Crippen molar-refractivity contribution in [3.05, 3.63) is 27.0 Å². The minimum absolute atomic E-state index is 0.114. The average Bonchev–Trinajstić information content (AvgIpc) is 2.34. The number of anilines is 1. The molecule has 0 bridgehead atoms. The summed E-state index contributed by atoms with van der Waals surface area (Å²) in [7, 11) is 3.17. The highest BCUT2D eigenvalue weighted by molar-refractivity contribution is 6.32. The molecule has 20 heavy (non-hydrogen) atoms. The van der Waals surface area contributed by atoms with Gasteiger partial charge >= 0.3 is 5.69 Å². The largest absolute Gasteiger partial charge is 0.385 e. The van der Waals surface area contributed by atoms with E-state index in [1.54, 1.807) is 27.2 Å². The van der Waals surface area contributed by atoms with Crippen molar-refractivity contribution in [2.24, 2.45) is 0 Å². The van der Waals surface area contributed by atoms with Gasteiger partial charge in [-0.05, 0) is 19.4 Å². The van der Waals surface area contributed by atoms with Gasteiger partial charge in [0.25, 0.3) is 0 Å². The van der Waals surface area contributed by atoms with Gasteiger partial charge in [-0.25, -0.2) is 4.98 Å². The predicted octanol–water partition coefficient (Wildman–Crippen LogP) is 2.42. The summed E-state index contributed by atoms with van der Waals surface area (Å²) in [5, 5.41) is 14.0. The second kappa shape index (κ2) is 7.98. The van der Waals surface area contributed by atoms with Crippen molar-refractivity contribution < 1.29 is 14.4 Å². The molecule has 0 radical (unpaired) electrons. The number of methoxy groups -OCH3 is 2. The summed E-state index contributed by atoms with van der Waals surface area (Å²) in [6.07, 6.45) is 0.653. The maximum absolute atomic E-state index is 11.1. The predicted molar refractivity (Wildman–Crippen MR) is 76.4 cm³/mol. The van der Waals surface area contributed by atoms with Crippen molar-refractivity contribution in [3.8, 4) is 0 Å². The molecule has 0 saturated carbocycles. The Morgan fingerprint density at radius 2 is 2.20 bits per heavy atom. The lowest BCUT2D eigenvalue weighted by Crippen LogP contribution is -2.27. The molecule has 1 aromatic rings. The molecule has 0 unspecified atom stereocenters. The molecule has 112 valence electrons. The van der Waals surface area contributed by atoms with E-state index in [0.29, 0.717) is 31.0 Å². The van der Waals surface area contributed by atoms with E-state index in [2.05, 4.69) is 10.3 Å². The molecule has 1 aromatic heterocycles. The van der Waals surface area contributed by atoms with E-state index in [4.69, 9.17) is 21.1 Å². The fourth-order valence-electron chi connectivity index (χ4n) is 1.79. The van der Waals surface area contributed by atoms with Crippen molar-refractivity contribution in [2.45, 2.75) is 19.4 Å². The fourth-order valence-corrected chi connectivity index (χ4v) is 2.09. The molecule has 0 saturated heterocycles. The number of pyridine rings is 1. The Morgan fingerprint density at radius 3 is 2.75 bits per heavy atom. The fraction of sp³-hybridized carbons (Fsp3) is 0.583. The summed E-state index contributed by atoms with van der Waals surface area (Å²) >= 11 is 5.85. The van der Waals surface area contributed by atoms with Gasteiger partial charge in [0.2, 0.25) is 5.15 Å². The molecule has 0 aliphatic carbocycles. The number of aryl methyl sites for hydroxylation is 1. The highest BCUT2D eigenvalue weighted by Gasteiger charge is 2.23. The van der Waals surface area contributed by atoms with Crippen LogP contribution in [0.4, 0.5) is 11.4 Å². The van der Waals surface area contributed by atoms with Crippen LogP contribution >= 0.6 is 11.6 Å². The Bertz CT molecular complexity index is 470. The third-order valence-corrected chi connectivity index (χ3v) is 2.92. The van der Waals surface area contributed by atoms with Crippen molar-refractivity contribution in [3.63, 3.8) is 0 Å². The van der Waals surface area contributed by atoms with Crippen LogP contribution in [-0.2, 0) is 9.47 Å². The van der Waals surface area contributed by atoms with Crippen LogP contribution in [0, 0.1) is 17.0 Å². The SMILES string of the molecule is COCC[C@@H](COC)Nc1cc(C)nc(Cl)c1[N+](=O)[O-]. The Morgan fingerprint density at radius 1 is 1.50 bits per heavy atom. The van der Waals surface area contributed by atoms with E-state index in [1.807, 2.05) is 0 Å². The molecule has 0 fully saturated rings. The second-order valence-electron chi connectivity index (χ2n) is 4.29. The first-order valence-electron chi connectivity index (χ1n) is 6.05. The summed E-state index contributed by atoms with van der Waals surface area (Å²) in [6.45, 7) is 2.65. The molecular formula is C12H18ClN3O4. The van der Waals surface area contributed by atoms with Gasteiger partial charge in [-0.1, -0.05) is 11.6 Å². The standard InChI is InChI=1S/C12H18ClN3O4/c1-8-6-10(11(16(17)18)12(13)14-8)15-9(7-20-3)4-5-19-2/h6,9H,4-5,7H2,1-3H3,(H,14,15)/t9-/m0/s1. The number of nitrogens with one attached hydrogen (secondary N) is 1. The van der Waals surface area contributed by atoms with Gasteiger partial charge < -0.3 is 14.8 Å². The van der Waals surface area contributed by atoms with Crippen molar-refractivity contribution >= 4 is 23.0 Å². The molecule has 0 spiro atoms. The molecule has 0 aromatic carbocycles. The number of hydrogen-bond acceptors (Lipinski definition) is 6. The van der Waals surface area contributed by atoms with E-state index >= 15 is 0 Å². The lowest BCUT2D eigenvalue weighted by molar-refractivity contribution is -0.384. The van der Waals surface area contributed by atoms with Crippen LogP contribution in [0.1, 0.15) is 12.1 Å². The number of aromatic nitrogens is 1. The highest BCUT2D eigenvalue weighted by atomic mass is 35.5. The first-order chi connectivity index (χ1) is 9.49. The third-order valence-electron chi connectivity index (χ3n) is 2.66. The zero-order valence-corrected chi connectivity index (χ0v) is 12.4. The number of hydrogen-bond donors (Lipinski definition) is 1. The quantitative estimate of drug-likeness (QED) is 0.451. The van der Waals surface area contributed by atoms with Gasteiger partial charge in [0, 0.05) is 26.5 Å². The summed E-state index contributed by atoms with van der Waals surface area (Å²) in [4.78, 5) is 14.4. The Hall–Kier alpha value is -1.44. The van der Waals surface area contributed by atoms with Crippen LogP contribution in [0.25, 0.3) is 0 Å². The molecule has 8 heteroatoms. The average molecular weight is 304 g/mol. The monoisotopic (exact) mass is 303 g/mol. The van der Waals surface area contributed by atoms with Crippen LogP contribution in [0.3, 0.4) is 0 Å². The molecule has 0 aliphatic rings. The van der Waals surface area contributed by atoms with Gasteiger partial charge in [-0.15, -0.1) is 0 Å². The minimum Gasteiger partial charge on any atom is -0.385 e. The summed E-state index contributed by atoms with van der Waals surface area (Å²) in [5.41, 5.74) is 0.715. The molecule has 1 rings (SSSR count). The summed E-state index contributed by atoms with van der Waals surface area (Å²) < 4.78 is 10.1. The van der Waals surface area contributed by atoms with Gasteiger partial charge in [0.05, 0.1) is 17.6 Å². The van der Waals surface area contributed by atoms with E-state index < -0.39 is 4.92 Å². The van der Waals surface area contributed by atoms with Crippen LogP contribution in [0.5, 0.6) is 0 Å². The Labute approximate surface area is 122 Å². The summed E-state index contributed by atoms with van der Waals surface area (Å²) in [5.74, 6) is 0. The summed E-state index contributed by atoms with van der Waals surface area (Å²) in [6, 6.07) is 1.48. The lowest BCUT2D eigenvalue weighted by atomic mass is 10.2. The lowest BCUT2D eigenvalue weighted by Gasteiger charge is -2.19. The highest BCUT2D eigenvalue weighted by Crippen LogP contribution is 2.32. The topological polar surface area (TPSA) is 86.5 Å². The number of halogens is 1. The van der Waals surface area contributed by atoms with Crippen molar-refractivity contribution in [1.29, 1.82) is 0 Å². The Balaban J connectivity index is 3.01. The normalized spacial score (nSPS) is 12.2. The second-order valence-corrected chi connectivity index (χ2v) is 4.64. The van der Waals surface area contributed by atoms with Crippen molar-refractivity contribution in [2.75, 3.05) is 32.8 Å².